The van der Waals surface area contributed by atoms with Gasteiger partial charge in [0.15, 0.2) is 0 Å². The minimum atomic E-state index is 0.0580. The van der Waals surface area contributed by atoms with E-state index in [4.69, 9.17) is 0 Å². The van der Waals surface area contributed by atoms with Crippen molar-refractivity contribution in [2.45, 2.75) is 26.2 Å². The fraction of sp³-hybridized carbons (Fsp3) is 0.0606. The lowest BCUT2D eigenvalue weighted by Crippen LogP contribution is -2.22. The van der Waals surface area contributed by atoms with Crippen molar-refractivity contribution >= 4 is 88.9 Å². The highest BCUT2D eigenvalue weighted by Gasteiger charge is 2.35. The normalized spacial score (nSPS) is 13.2. The summed E-state index contributed by atoms with van der Waals surface area (Å²) in [6, 6.07) is 87.6. The van der Waals surface area contributed by atoms with Crippen molar-refractivity contribution in [3.63, 3.8) is 0 Å². The Bertz CT molecular complexity index is 3780. The van der Waals surface area contributed by atoms with Crippen LogP contribution in [0.4, 0.5) is 34.1 Å². The second-order valence-electron chi connectivity index (χ2n) is 19.7. The largest absolute Gasteiger partial charge is 0.309 e. The molecule has 14 rings (SSSR count). The number of benzene rings is 10. The van der Waals surface area contributed by atoms with Gasteiger partial charge in [0.2, 0.25) is 0 Å². The first kappa shape index (κ1) is 40.2. The fourth-order valence-electron chi connectivity index (χ4n) is 11.6. The Balaban J connectivity index is 1.04. The first-order chi connectivity index (χ1) is 34.4. The van der Waals surface area contributed by atoms with E-state index in [1.807, 2.05) is 0 Å². The summed E-state index contributed by atoms with van der Waals surface area (Å²) in [5.41, 5.74) is 22.3. The molecule has 2 aromatic heterocycles. The number of aromatic nitrogens is 2. The summed E-state index contributed by atoms with van der Waals surface area (Å²) in [6.07, 6.45) is 0. The zero-order valence-corrected chi connectivity index (χ0v) is 39.3. The van der Waals surface area contributed by atoms with Gasteiger partial charge in [-0.05, 0) is 89.8 Å². The predicted molar refractivity (Wildman–Crippen MR) is 295 cm³/mol. The van der Waals surface area contributed by atoms with Crippen LogP contribution in [0, 0.1) is 0 Å². The van der Waals surface area contributed by atoms with Crippen molar-refractivity contribution in [1.82, 2.24) is 9.13 Å². The highest BCUT2D eigenvalue weighted by molar-refractivity contribution is 6.18. The lowest BCUT2D eigenvalue weighted by Gasteiger charge is -2.39. The quantitative estimate of drug-likeness (QED) is 0.175. The van der Waals surface area contributed by atoms with Crippen molar-refractivity contribution in [1.29, 1.82) is 0 Å². The molecule has 4 nitrogen and oxygen atoms in total. The van der Waals surface area contributed by atoms with E-state index >= 15 is 0 Å². The summed E-state index contributed by atoms with van der Waals surface area (Å²) < 4.78 is 4.91. The second kappa shape index (κ2) is 15.3. The van der Waals surface area contributed by atoms with Gasteiger partial charge in [0.25, 0.3) is 0 Å². The van der Waals surface area contributed by atoms with Crippen LogP contribution in [0.1, 0.15) is 48.6 Å². The highest BCUT2D eigenvalue weighted by atomic mass is 15.2. The molecule has 0 fully saturated rings. The van der Waals surface area contributed by atoms with E-state index in [-0.39, 0.29) is 5.41 Å². The third-order valence-electron chi connectivity index (χ3n) is 14.7. The Labute approximate surface area is 407 Å². The van der Waals surface area contributed by atoms with Crippen LogP contribution in [-0.2, 0) is 5.41 Å². The topological polar surface area (TPSA) is 16.3 Å². The van der Waals surface area contributed by atoms with E-state index in [1.54, 1.807) is 0 Å². The van der Waals surface area contributed by atoms with Gasteiger partial charge in [0, 0.05) is 60.6 Å². The highest BCUT2D eigenvalue weighted by Crippen LogP contribution is 2.57. The van der Waals surface area contributed by atoms with Gasteiger partial charge in [-0.25, -0.2) is 0 Å². The van der Waals surface area contributed by atoms with Crippen molar-refractivity contribution in [3.8, 4) is 11.4 Å². The summed E-state index contributed by atoms with van der Waals surface area (Å²) >= 11 is 0. The molecule has 0 saturated heterocycles. The number of hydrogen-bond donors (Lipinski definition) is 0. The minimum Gasteiger partial charge on any atom is -0.309 e. The molecule has 2 aliphatic heterocycles. The zero-order chi connectivity index (χ0) is 46.7. The van der Waals surface area contributed by atoms with E-state index < -0.39 is 0 Å². The molecular weight excluding hydrogens is 849 g/mol. The SMILES string of the molecule is CC(C)(C)c1ccc(N2c3ccccc3C(=C3c4ccccc4N(c4cc(-n5c6ccccc6c6ccccc65)cc(-n5c6ccccc6c6ccccc65)c4)c4ccccc43)c3ccccc32)cc1. The Morgan fingerprint density at radius 1 is 0.271 bits per heavy atom. The molecule has 12 aromatic rings. The Morgan fingerprint density at radius 2 is 0.557 bits per heavy atom. The zero-order valence-electron chi connectivity index (χ0n) is 39.3. The van der Waals surface area contributed by atoms with Crippen LogP contribution in [0.3, 0.4) is 0 Å². The number of fused-ring (bicyclic) bond motifs is 10. The molecule has 10 aromatic carbocycles. The summed E-state index contributed by atoms with van der Waals surface area (Å²) in [4.78, 5) is 4.96. The van der Waals surface area contributed by atoms with E-state index in [1.165, 1.54) is 93.9 Å². The molecule has 0 bridgehead atoms. The van der Waals surface area contributed by atoms with Gasteiger partial charge in [-0.3, -0.25) is 0 Å². The molecule has 0 unspecified atom stereocenters. The first-order valence-corrected chi connectivity index (χ1v) is 24.4. The third kappa shape index (κ3) is 5.96. The van der Waals surface area contributed by atoms with Crippen LogP contribution < -0.4 is 9.80 Å². The minimum absolute atomic E-state index is 0.0580. The average molecular weight is 897 g/mol. The third-order valence-corrected chi connectivity index (χ3v) is 14.7. The van der Waals surface area contributed by atoms with E-state index in [0.717, 1.165) is 34.1 Å². The number of nitrogens with zero attached hydrogens (tertiary/aromatic N) is 4. The lowest BCUT2D eigenvalue weighted by molar-refractivity contribution is 0.590. The van der Waals surface area contributed by atoms with Crippen molar-refractivity contribution < 1.29 is 0 Å². The van der Waals surface area contributed by atoms with E-state index in [2.05, 4.69) is 276 Å². The molecule has 0 spiro atoms. The van der Waals surface area contributed by atoms with Crippen LogP contribution in [0.25, 0.3) is 66.1 Å². The van der Waals surface area contributed by atoms with Gasteiger partial charge in [-0.15, -0.1) is 0 Å². The Morgan fingerprint density at radius 3 is 0.900 bits per heavy atom. The van der Waals surface area contributed by atoms with Crippen LogP contribution in [0.5, 0.6) is 0 Å². The molecule has 0 saturated carbocycles. The van der Waals surface area contributed by atoms with Crippen molar-refractivity contribution in [3.05, 3.63) is 264 Å². The Hall–Kier alpha value is -8.86. The number of rotatable bonds is 4. The Kier molecular flexibility index (Phi) is 8.81. The predicted octanol–water partition coefficient (Wildman–Crippen LogP) is 17.8. The average Bonchev–Trinajstić information content (AvgIpc) is 3.93. The summed E-state index contributed by atoms with van der Waals surface area (Å²) in [6.45, 7) is 6.83. The van der Waals surface area contributed by atoms with Gasteiger partial charge in [0.1, 0.15) is 0 Å². The molecule has 70 heavy (non-hydrogen) atoms. The maximum atomic E-state index is 2.51. The van der Waals surface area contributed by atoms with Crippen molar-refractivity contribution in [2.75, 3.05) is 9.80 Å². The standard InChI is InChI=1S/C66H48N4/c1-66(2,3)43-36-38-44(39-37-43)67-60-32-16-8-24-52(60)64(53-25-9-17-33-61(53)67)65-54-26-10-18-34-62(54)70(63-35-19-11-27-55(63)65)47-41-45(68-56-28-12-4-20-48(56)49-21-5-13-29-57(49)68)40-46(42-47)69-58-30-14-6-22-50(58)51-23-7-15-31-59(51)69/h4-42H,1-3H3. The molecule has 0 aliphatic carbocycles. The van der Waals surface area contributed by atoms with E-state index in [0.29, 0.717) is 0 Å². The first-order valence-electron chi connectivity index (χ1n) is 24.4. The van der Waals surface area contributed by atoms with Gasteiger partial charge in [0.05, 0.1) is 61.9 Å². The van der Waals surface area contributed by atoms with Crippen LogP contribution in [0.15, 0.2) is 237 Å². The summed E-state index contributed by atoms with van der Waals surface area (Å²) in [7, 11) is 0. The molecule has 2 aliphatic rings. The molecule has 0 amide bonds. The molecule has 4 heterocycles. The number of anilines is 6. The molecule has 0 N–H and O–H groups in total. The number of para-hydroxylation sites is 8. The molecule has 332 valence electrons. The van der Waals surface area contributed by atoms with Gasteiger partial charge < -0.3 is 18.9 Å². The maximum Gasteiger partial charge on any atom is 0.0541 e. The smallest absolute Gasteiger partial charge is 0.0541 e. The van der Waals surface area contributed by atoms with Crippen LogP contribution in [0.2, 0.25) is 0 Å². The molecule has 0 atom stereocenters. The van der Waals surface area contributed by atoms with Gasteiger partial charge in [-0.2, -0.15) is 0 Å². The molecule has 0 radical (unpaired) electrons. The van der Waals surface area contributed by atoms with Gasteiger partial charge in [-0.1, -0.05) is 178 Å². The molecular formula is C66H48N4. The van der Waals surface area contributed by atoms with Crippen LogP contribution in [-0.4, -0.2) is 9.13 Å². The lowest BCUT2D eigenvalue weighted by atomic mass is 9.79. The summed E-state index contributed by atoms with van der Waals surface area (Å²) in [5.74, 6) is 0. The van der Waals surface area contributed by atoms with Crippen molar-refractivity contribution in [2.24, 2.45) is 0 Å². The monoisotopic (exact) mass is 896 g/mol. The van der Waals surface area contributed by atoms with Gasteiger partial charge >= 0.3 is 0 Å². The summed E-state index contributed by atoms with van der Waals surface area (Å²) in [5, 5.41) is 4.95. The molecule has 4 heteroatoms. The van der Waals surface area contributed by atoms with E-state index in [9.17, 15) is 0 Å². The van der Waals surface area contributed by atoms with Crippen LogP contribution >= 0.6 is 0 Å². The maximum absolute atomic E-state index is 2.51. The second-order valence-corrected chi connectivity index (χ2v) is 19.7. The fourth-order valence-corrected chi connectivity index (χ4v) is 11.6. The number of hydrogen-bond acceptors (Lipinski definition) is 2.